The third kappa shape index (κ3) is 3.56. The van der Waals surface area contributed by atoms with Gasteiger partial charge in [0.2, 0.25) is 0 Å². The minimum atomic E-state index is -0.464. The molecule has 0 saturated heterocycles. The van der Waals surface area contributed by atoms with Crippen molar-refractivity contribution < 1.29 is 13.5 Å². The molecule has 1 aliphatic heterocycles. The largest absolute Gasteiger partial charge is 0.462 e. The summed E-state index contributed by atoms with van der Waals surface area (Å²) in [5.74, 6) is 0.133. The normalized spacial score (nSPS) is 14.5. The van der Waals surface area contributed by atoms with Gasteiger partial charge in [0.1, 0.15) is 18.2 Å². The van der Waals surface area contributed by atoms with Crippen molar-refractivity contribution in [2.75, 3.05) is 18.5 Å². The third-order valence-corrected chi connectivity index (χ3v) is 5.22. The van der Waals surface area contributed by atoms with Gasteiger partial charge < -0.3 is 10.1 Å². The Balaban J connectivity index is 1.55. The number of halogens is 2. The molecule has 0 amide bonds. The van der Waals surface area contributed by atoms with Crippen LogP contribution < -0.4 is 10.1 Å². The van der Waals surface area contributed by atoms with Crippen molar-refractivity contribution in [1.29, 1.82) is 0 Å². The zero-order chi connectivity index (χ0) is 21.6. The maximum atomic E-state index is 13.8. The predicted molar refractivity (Wildman–Crippen MR) is 112 cm³/mol. The number of pyridine rings is 1. The van der Waals surface area contributed by atoms with Crippen molar-refractivity contribution >= 4 is 17.0 Å². The first-order chi connectivity index (χ1) is 14.9. The molecule has 0 atom stereocenters. The molecule has 4 heterocycles. The number of fused-ring (bicyclic) bond motifs is 3. The monoisotopic (exact) mass is 422 g/mol. The van der Waals surface area contributed by atoms with Gasteiger partial charge in [-0.3, -0.25) is 9.55 Å². The van der Waals surface area contributed by atoms with Crippen LogP contribution in [0.3, 0.4) is 0 Å². The Morgan fingerprint density at radius 1 is 1.06 bits per heavy atom. The fourth-order valence-corrected chi connectivity index (χ4v) is 3.65. The first kappa shape index (κ1) is 19.3. The Bertz CT molecular complexity index is 1270. The van der Waals surface area contributed by atoms with Crippen LogP contribution in [-0.2, 0) is 12.0 Å². The quantitative estimate of drug-likeness (QED) is 0.525. The topological polar surface area (TPSA) is 77.8 Å². The van der Waals surface area contributed by atoms with E-state index >= 15 is 0 Å². The maximum Gasteiger partial charge on any atom is 0.299 e. The summed E-state index contributed by atoms with van der Waals surface area (Å²) < 4.78 is 34.6. The molecule has 9 heteroatoms. The average Bonchev–Trinajstić information content (AvgIpc) is 3.27. The van der Waals surface area contributed by atoms with Crippen LogP contribution >= 0.6 is 0 Å². The van der Waals surface area contributed by atoms with Gasteiger partial charge in [-0.25, -0.2) is 18.7 Å². The molecule has 1 aromatic carbocycles. The van der Waals surface area contributed by atoms with E-state index in [0.29, 0.717) is 54.0 Å². The van der Waals surface area contributed by atoms with Gasteiger partial charge in [-0.2, -0.15) is 4.98 Å². The number of nitrogens with zero attached hydrogens (tertiary/aromatic N) is 5. The number of benzene rings is 1. The van der Waals surface area contributed by atoms with Crippen LogP contribution in [0.25, 0.3) is 22.6 Å². The van der Waals surface area contributed by atoms with Gasteiger partial charge in [-0.05, 0) is 44.0 Å². The van der Waals surface area contributed by atoms with E-state index in [0.717, 1.165) is 11.8 Å². The Hall–Kier alpha value is -3.62. The van der Waals surface area contributed by atoms with E-state index < -0.39 is 5.82 Å². The van der Waals surface area contributed by atoms with Crippen molar-refractivity contribution in [3.8, 4) is 17.4 Å². The smallest absolute Gasteiger partial charge is 0.299 e. The summed E-state index contributed by atoms with van der Waals surface area (Å²) in [7, 11) is 0. The molecular formula is C22H20F2N6O. The highest BCUT2D eigenvalue weighted by atomic mass is 19.1. The van der Waals surface area contributed by atoms with Gasteiger partial charge in [-0.15, -0.1) is 0 Å². The lowest BCUT2D eigenvalue weighted by Crippen LogP contribution is -2.25. The molecule has 1 aliphatic rings. The first-order valence-corrected chi connectivity index (χ1v) is 9.94. The molecule has 0 unspecified atom stereocenters. The van der Waals surface area contributed by atoms with Crippen molar-refractivity contribution in [2.45, 2.75) is 25.8 Å². The highest BCUT2D eigenvalue weighted by molar-refractivity contribution is 5.86. The highest BCUT2D eigenvalue weighted by Crippen LogP contribution is 2.37. The molecule has 0 saturated carbocycles. The standard InChI is InChI=1S/C22H20F2N6O/c1-22(2)12-31-21-27-17-19(26-8-7-13-3-5-15(23)6-4-13)28-18(29-20(17)30(21)22)14-9-16(24)11-25-10-14/h3-6,9-11H,7-8,12H2,1-2H3,(H,26,28,29). The molecular weight excluding hydrogens is 402 g/mol. The molecule has 0 bridgehead atoms. The number of aromatic nitrogens is 5. The lowest BCUT2D eigenvalue weighted by molar-refractivity contribution is 0.268. The van der Waals surface area contributed by atoms with Crippen LogP contribution in [0.2, 0.25) is 0 Å². The van der Waals surface area contributed by atoms with Gasteiger partial charge in [0.15, 0.2) is 22.8 Å². The molecule has 3 aromatic heterocycles. The number of hydrogen-bond acceptors (Lipinski definition) is 6. The molecule has 0 spiro atoms. The maximum absolute atomic E-state index is 13.8. The molecule has 0 aliphatic carbocycles. The van der Waals surface area contributed by atoms with Gasteiger partial charge >= 0.3 is 0 Å². The third-order valence-electron chi connectivity index (χ3n) is 5.22. The summed E-state index contributed by atoms with van der Waals surface area (Å²) >= 11 is 0. The molecule has 7 nitrogen and oxygen atoms in total. The summed E-state index contributed by atoms with van der Waals surface area (Å²) in [6, 6.07) is 8.19. The van der Waals surface area contributed by atoms with Crippen LogP contribution in [0.5, 0.6) is 6.01 Å². The van der Waals surface area contributed by atoms with Crippen molar-refractivity contribution in [3.63, 3.8) is 0 Å². The molecule has 5 rings (SSSR count). The van der Waals surface area contributed by atoms with Crippen molar-refractivity contribution in [3.05, 3.63) is 59.9 Å². The second-order valence-corrected chi connectivity index (χ2v) is 8.09. The number of nitrogens with one attached hydrogen (secondary N) is 1. The van der Waals surface area contributed by atoms with E-state index in [1.54, 1.807) is 12.1 Å². The molecule has 31 heavy (non-hydrogen) atoms. The number of imidazole rings is 1. The summed E-state index contributed by atoms with van der Waals surface area (Å²) in [6.07, 6.45) is 3.32. The van der Waals surface area contributed by atoms with Crippen LogP contribution in [-0.4, -0.2) is 37.7 Å². The van der Waals surface area contributed by atoms with Crippen molar-refractivity contribution in [1.82, 2.24) is 24.5 Å². The first-order valence-electron chi connectivity index (χ1n) is 9.94. The zero-order valence-electron chi connectivity index (χ0n) is 17.1. The van der Waals surface area contributed by atoms with E-state index in [1.807, 2.05) is 18.4 Å². The van der Waals surface area contributed by atoms with Crippen LogP contribution in [0.4, 0.5) is 14.6 Å². The fourth-order valence-electron chi connectivity index (χ4n) is 3.65. The fraction of sp³-hybridized carbons (Fsp3) is 0.273. The molecule has 1 N–H and O–H groups in total. The van der Waals surface area contributed by atoms with Crippen LogP contribution in [0, 0.1) is 11.6 Å². The molecule has 4 aromatic rings. The number of rotatable bonds is 5. The minimum absolute atomic E-state index is 0.266. The van der Waals surface area contributed by atoms with Gasteiger partial charge in [-0.1, -0.05) is 12.1 Å². The van der Waals surface area contributed by atoms with Crippen LogP contribution in [0.1, 0.15) is 19.4 Å². The molecule has 158 valence electrons. The lowest BCUT2D eigenvalue weighted by atomic mass is 10.1. The van der Waals surface area contributed by atoms with Crippen molar-refractivity contribution in [2.24, 2.45) is 0 Å². The number of anilines is 1. The van der Waals surface area contributed by atoms with Gasteiger partial charge in [0, 0.05) is 18.3 Å². The Kier molecular flexibility index (Phi) is 4.53. The SMILES string of the molecule is CC1(C)COc2nc3c(NCCc4ccc(F)cc4)nc(-c4cncc(F)c4)nc3n21. The summed E-state index contributed by atoms with van der Waals surface area (Å²) in [5.41, 5.74) is 2.31. The average molecular weight is 422 g/mol. The second-order valence-electron chi connectivity index (χ2n) is 8.09. The van der Waals surface area contributed by atoms with Gasteiger partial charge in [0.25, 0.3) is 6.01 Å². The van der Waals surface area contributed by atoms with Crippen LogP contribution in [0.15, 0.2) is 42.7 Å². The second kappa shape index (κ2) is 7.26. The zero-order valence-corrected chi connectivity index (χ0v) is 17.1. The minimum Gasteiger partial charge on any atom is -0.462 e. The van der Waals surface area contributed by atoms with E-state index in [4.69, 9.17) is 4.74 Å². The summed E-state index contributed by atoms with van der Waals surface area (Å²) in [5, 5.41) is 3.30. The summed E-state index contributed by atoms with van der Waals surface area (Å²) in [4.78, 5) is 17.8. The predicted octanol–water partition coefficient (Wildman–Crippen LogP) is 3.95. The Labute approximate surface area is 177 Å². The highest BCUT2D eigenvalue weighted by Gasteiger charge is 2.36. The van der Waals surface area contributed by atoms with E-state index in [9.17, 15) is 8.78 Å². The lowest BCUT2D eigenvalue weighted by Gasteiger charge is -2.18. The van der Waals surface area contributed by atoms with E-state index in [1.165, 1.54) is 24.4 Å². The molecule has 0 radical (unpaired) electrons. The Morgan fingerprint density at radius 3 is 2.65 bits per heavy atom. The van der Waals surface area contributed by atoms with Gasteiger partial charge in [0.05, 0.1) is 11.7 Å². The number of ether oxygens (including phenoxy) is 1. The van der Waals surface area contributed by atoms with E-state index in [-0.39, 0.29) is 11.4 Å². The van der Waals surface area contributed by atoms with E-state index in [2.05, 4.69) is 25.3 Å². The summed E-state index contributed by atoms with van der Waals surface area (Å²) in [6.45, 7) is 5.11. The number of hydrogen-bond donors (Lipinski definition) is 1. The molecule has 0 fully saturated rings. The Morgan fingerprint density at radius 2 is 1.87 bits per heavy atom.